The molecule has 2 unspecified atom stereocenters. The van der Waals surface area contributed by atoms with E-state index in [0.717, 1.165) is 51.4 Å². The van der Waals surface area contributed by atoms with Crippen LogP contribution in [0.3, 0.4) is 0 Å². The Labute approximate surface area is 487 Å². The molecule has 0 rings (SSSR count). The van der Waals surface area contributed by atoms with Gasteiger partial charge in [-0.15, -0.1) is 0 Å². The zero-order valence-electron chi connectivity index (χ0n) is 52.7. The van der Waals surface area contributed by atoms with Crippen LogP contribution in [0.1, 0.15) is 386 Å². The molecular weight excluding hydrogens is 959 g/mol. The van der Waals surface area contributed by atoms with Crippen LogP contribution in [0.15, 0.2) is 36.5 Å². The van der Waals surface area contributed by atoms with E-state index < -0.39 is 12.1 Å². The van der Waals surface area contributed by atoms with Gasteiger partial charge in [-0.25, -0.2) is 0 Å². The van der Waals surface area contributed by atoms with E-state index in [9.17, 15) is 19.8 Å². The molecule has 0 aliphatic heterocycles. The van der Waals surface area contributed by atoms with E-state index in [4.69, 9.17) is 4.74 Å². The topological polar surface area (TPSA) is 95.9 Å². The highest BCUT2D eigenvalue weighted by molar-refractivity contribution is 5.76. The molecular formula is C72H137NO5. The normalized spacial score (nSPS) is 12.7. The zero-order chi connectivity index (χ0) is 56.4. The summed E-state index contributed by atoms with van der Waals surface area (Å²) in [7, 11) is 0. The maximum atomic E-state index is 12.5. The van der Waals surface area contributed by atoms with E-state index >= 15 is 0 Å². The molecule has 0 saturated carbocycles. The van der Waals surface area contributed by atoms with Gasteiger partial charge in [0.25, 0.3) is 0 Å². The molecule has 0 saturated heterocycles. The van der Waals surface area contributed by atoms with Crippen LogP contribution in [0.4, 0.5) is 0 Å². The van der Waals surface area contributed by atoms with Gasteiger partial charge in [0, 0.05) is 12.8 Å². The Bertz CT molecular complexity index is 1260. The van der Waals surface area contributed by atoms with Crippen molar-refractivity contribution < 1.29 is 24.5 Å². The molecule has 1 amide bonds. The minimum Gasteiger partial charge on any atom is -0.466 e. The molecule has 0 aromatic heterocycles. The molecule has 0 aromatic rings. The summed E-state index contributed by atoms with van der Waals surface area (Å²) in [6.07, 6.45) is 86.4. The number of aliphatic hydroxyl groups is 2. The van der Waals surface area contributed by atoms with Gasteiger partial charge in [-0.3, -0.25) is 9.59 Å². The van der Waals surface area contributed by atoms with Gasteiger partial charge in [0.15, 0.2) is 0 Å². The molecule has 0 radical (unpaired) electrons. The number of allylic oxidation sites excluding steroid dienone is 5. The first-order valence-corrected chi connectivity index (χ1v) is 35.3. The molecule has 78 heavy (non-hydrogen) atoms. The lowest BCUT2D eigenvalue weighted by molar-refractivity contribution is -0.143. The van der Waals surface area contributed by atoms with Gasteiger partial charge in [-0.2, -0.15) is 0 Å². The zero-order valence-corrected chi connectivity index (χ0v) is 52.7. The SMILES string of the molecule is CCCCCC/C=C\C/C=C\CCCCCCCCCC(=O)OCCCCCCCCCCCCCCCCCCCCCCCCCCCC(=O)NC(CO)C(O)/C=C/CCCCCCCCCCCCCCCCCC. The van der Waals surface area contributed by atoms with E-state index in [2.05, 4.69) is 43.5 Å². The number of esters is 1. The number of unbranched alkanes of at least 4 members (excludes halogenated alkanes) is 51. The van der Waals surface area contributed by atoms with Gasteiger partial charge in [-0.05, 0) is 64.2 Å². The fraction of sp³-hybridized carbons (Fsp3) is 0.889. The first-order valence-electron chi connectivity index (χ1n) is 35.3. The quantitative estimate of drug-likeness (QED) is 0.0320. The number of carbonyl (C=O) groups excluding carboxylic acids is 2. The number of aliphatic hydroxyl groups excluding tert-OH is 2. The summed E-state index contributed by atoms with van der Waals surface area (Å²) >= 11 is 0. The molecule has 0 aliphatic carbocycles. The van der Waals surface area contributed by atoms with Gasteiger partial charge in [0.05, 0.1) is 25.4 Å². The predicted octanol–water partition coefficient (Wildman–Crippen LogP) is 22.7. The maximum absolute atomic E-state index is 12.5. The number of hydrogen-bond acceptors (Lipinski definition) is 5. The van der Waals surface area contributed by atoms with Crippen molar-refractivity contribution in [2.24, 2.45) is 0 Å². The van der Waals surface area contributed by atoms with Crippen LogP contribution in [0, 0.1) is 0 Å². The van der Waals surface area contributed by atoms with Crippen molar-refractivity contribution in [3.63, 3.8) is 0 Å². The number of carbonyl (C=O) groups is 2. The molecule has 6 nitrogen and oxygen atoms in total. The lowest BCUT2D eigenvalue weighted by Crippen LogP contribution is -2.45. The average Bonchev–Trinajstić information content (AvgIpc) is 3.44. The Kier molecular flexibility index (Phi) is 65.9. The van der Waals surface area contributed by atoms with Crippen molar-refractivity contribution in [2.45, 2.75) is 398 Å². The van der Waals surface area contributed by atoms with Gasteiger partial charge in [-0.1, -0.05) is 346 Å². The van der Waals surface area contributed by atoms with Gasteiger partial charge < -0.3 is 20.3 Å². The minimum absolute atomic E-state index is 0.00911. The van der Waals surface area contributed by atoms with Crippen LogP contribution in [0.2, 0.25) is 0 Å². The van der Waals surface area contributed by atoms with Crippen molar-refractivity contribution in [1.29, 1.82) is 0 Å². The van der Waals surface area contributed by atoms with Gasteiger partial charge in [0.2, 0.25) is 5.91 Å². The van der Waals surface area contributed by atoms with Crippen LogP contribution >= 0.6 is 0 Å². The van der Waals surface area contributed by atoms with Crippen molar-refractivity contribution >= 4 is 11.9 Å². The molecule has 0 bridgehead atoms. The fourth-order valence-corrected chi connectivity index (χ4v) is 11.0. The molecule has 0 aromatic carbocycles. The van der Waals surface area contributed by atoms with Crippen molar-refractivity contribution in [1.82, 2.24) is 5.32 Å². The number of hydrogen-bond donors (Lipinski definition) is 3. The molecule has 0 spiro atoms. The van der Waals surface area contributed by atoms with Crippen molar-refractivity contribution in [3.8, 4) is 0 Å². The largest absolute Gasteiger partial charge is 0.466 e. The number of ether oxygens (including phenoxy) is 1. The highest BCUT2D eigenvalue weighted by atomic mass is 16.5. The van der Waals surface area contributed by atoms with E-state index in [1.807, 2.05) is 6.08 Å². The highest BCUT2D eigenvalue weighted by Gasteiger charge is 2.18. The number of nitrogens with one attached hydrogen (secondary N) is 1. The van der Waals surface area contributed by atoms with Crippen LogP contribution in [0.5, 0.6) is 0 Å². The van der Waals surface area contributed by atoms with Crippen LogP contribution in [-0.2, 0) is 14.3 Å². The predicted molar refractivity (Wildman–Crippen MR) is 343 cm³/mol. The summed E-state index contributed by atoms with van der Waals surface area (Å²) < 4.78 is 5.50. The van der Waals surface area contributed by atoms with Crippen molar-refractivity contribution in [2.75, 3.05) is 13.2 Å². The number of amides is 1. The van der Waals surface area contributed by atoms with Crippen molar-refractivity contribution in [3.05, 3.63) is 36.5 Å². The Hall–Kier alpha value is -1.92. The molecule has 2 atom stereocenters. The molecule has 6 heteroatoms. The molecule has 0 aliphatic rings. The molecule has 3 N–H and O–H groups in total. The fourth-order valence-electron chi connectivity index (χ4n) is 11.0. The van der Waals surface area contributed by atoms with E-state index in [1.54, 1.807) is 6.08 Å². The first-order chi connectivity index (χ1) is 38.5. The first kappa shape index (κ1) is 76.1. The summed E-state index contributed by atoms with van der Waals surface area (Å²) in [6, 6.07) is -0.627. The molecule has 460 valence electrons. The summed E-state index contributed by atoms with van der Waals surface area (Å²) in [5.41, 5.74) is 0. The van der Waals surface area contributed by atoms with Gasteiger partial charge in [0.1, 0.15) is 0 Å². The van der Waals surface area contributed by atoms with E-state index in [1.165, 1.54) is 308 Å². The molecule has 0 heterocycles. The monoisotopic (exact) mass is 1100 g/mol. The third kappa shape index (κ3) is 63.3. The summed E-state index contributed by atoms with van der Waals surface area (Å²) in [5, 5.41) is 23.2. The third-order valence-electron chi connectivity index (χ3n) is 16.4. The third-order valence-corrected chi connectivity index (χ3v) is 16.4. The summed E-state index contributed by atoms with van der Waals surface area (Å²) in [4.78, 5) is 24.6. The Balaban J connectivity index is 3.38. The number of rotatable bonds is 66. The molecule has 0 fully saturated rings. The van der Waals surface area contributed by atoms with E-state index in [-0.39, 0.29) is 18.5 Å². The summed E-state index contributed by atoms with van der Waals surface area (Å²) in [6.45, 7) is 4.92. The smallest absolute Gasteiger partial charge is 0.305 e. The van der Waals surface area contributed by atoms with E-state index in [0.29, 0.717) is 19.4 Å². The average molecular weight is 1100 g/mol. The lowest BCUT2D eigenvalue weighted by atomic mass is 10.0. The Morgan fingerprint density at radius 2 is 0.641 bits per heavy atom. The van der Waals surface area contributed by atoms with Crippen LogP contribution < -0.4 is 5.32 Å². The highest BCUT2D eigenvalue weighted by Crippen LogP contribution is 2.19. The van der Waals surface area contributed by atoms with Gasteiger partial charge >= 0.3 is 5.97 Å². The van der Waals surface area contributed by atoms with Crippen LogP contribution in [-0.4, -0.2) is 47.4 Å². The Morgan fingerprint density at radius 1 is 0.359 bits per heavy atom. The second kappa shape index (κ2) is 67.6. The maximum Gasteiger partial charge on any atom is 0.305 e. The summed E-state index contributed by atoms with van der Waals surface area (Å²) in [5.74, 6) is -0.0542. The lowest BCUT2D eigenvalue weighted by Gasteiger charge is -2.20. The minimum atomic E-state index is -0.844. The Morgan fingerprint density at radius 3 is 0.987 bits per heavy atom. The standard InChI is InChI=1S/C72H137NO5/c1-3-5-7-9-11-13-15-17-19-21-32-36-40-44-48-52-56-60-64-70(75)69(68-74)73-71(76)65-61-57-53-49-45-41-37-33-30-28-26-24-23-25-27-29-31-35-39-43-47-51-55-59-63-67-78-72(77)66-62-58-54-50-46-42-38-34-22-20-18-16-14-12-10-8-6-4-2/h14,16,20,22,60,64,69-70,74-75H,3-13,15,17-19,21,23-59,61-63,65-68H2,1-2H3,(H,73,76)/b16-14-,22-20-,64-60+. The second-order valence-corrected chi connectivity index (χ2v) is 24.2. The van der Waals surface area contributed by atoms with Crippen LogP contribution in [0.25, 0.3) is 0 Å². The second-order valence-electron chi connectivity index (χ2n) is 24.2.